The Labute approximate surface area is 241 Å². The molecule has 3 aliphatic rings. The van der Waals surface area contributed by atoms with Crippen LogP contribution in [0.1, 0.15) is 95.6 Å². The first-order chi connectivity index (χ1) is 19.2. The summed E-state index contributed by atoms with van der Waals surface area (Å²) in [4.78, 5) is 23.0. The van der Waals surface area contributed by atoms with Crippen molar-refractivity contribution in [2.45, 2.75) is 110 Å². The molecular weight excluding hydrogens is 492 g/mol. The molecule has 3 atom stereocenters. The van der Waals surface area contributed by atoms with Crippen molar-refractivity contribution in [2.75, 3.05) is 19.6 Å². The van der Waals surface area contributed by atoms with E-state index in [1.807, 2.05) is 0 Å². The van der Waals surface area contributed by atoms with E-state index in [1.165, 1.54) is 48.7 Å². The monoisotopic (exact) mass is 540 g/mol. The van der Waals surface area contributed by atoms with Gasteiger partial charge in [0.2, 0.25) is 5.91 Å². The number of amides is 1. The molecule has 1 aromatic heterocycles. The molecule has 0 radical (unpaired) electrons. The molecule has 0 saturated carbocycles. The van der Waals surface area contributed by atoms with Gasteiger partial charge in [-0.3, -0.25) is 9.69 Å². The zero-order valence-electron chi connectivity index (χ0n) is 25.3. The number of benzene rings is 2. The molecule has 5 nitrogen and oxygen atoms in total. The van der Waals surface area contributed by atoms with Crippen molar-refractivity contribution in [1.29, 1.82) is 0 Å². The van der Waals surface area contributed by atoms with E-state index in [0.29, 0.717) is 24.0 Å². The largest absolute Gasteiger partial charge is 0.342 e. The van der Waals surface area contributed by atoms with E-state index in [9.17, 15) is 4.79 Å². The maximum atomic E-state index is 13.1. The Morgan fingerprint density at radius 1 is 0.975 bits per heavy atom. The molecule has 4 heterocycles. The number of aromatic nitrogens is 2. The molecule has 1 amide bonds. The molecule has 5 heteroatoms. The number of nitrogens with zero attached hydrogens (tertiary/aromatic N) is 4. The van der Waals surface area contributed by atoms with Crippen molar-refractivity contribution in [2.24, 2.45) is 5.41 Å². The van der Waals surface area contributed by atoms with Crippen molar-refractivity contribution in [3.05, 3.63) is 65.5 Å². The third-order valence-corrected chi connectivity index (χ3v) is 10.4. The van der Waals surface area contributed by atoms with Crippen LogP contribution in [-0.2, 0) is 16.6 Å². The summed E-state index contributed by atoms with van der Waals surface area (Å²) in [6, 6.07) is 19.9. The maximum absolute atomic E-state index is 13.1. The lowest BCUT2D eigenvalue weighted by atomic mass is 9.69. The SMILES string of the molecule is CCc1cccc(C2(CCN3[C@@H]4CC[C@H]3C[C@@H](n3c(C)nc5ccccc53)C4)CCN(C(=O)C(C)(C)C)CC2)c1. The molecule has 0 unspecified atom stereocenters. The number of likely N-dealkylation sites (tertiary alicyclic amines) is 1. The van der Waals surface area contributed by atoms with E-state index in [0.717, 1.165) is 50.2 Å². The standard InChI is InChI=1S/C35H48N4O/c1-6-26-10-9-11-27(22-26)35(16-19-37(20-17-35)33(40)34(3,4)5)18-21-38-28-14-15-29(38)24-30(23-28)39-25(2)36-31-12-7-8-13-32(31)39/h7-13,22,28-30H,6,14-21,23-24H2,1-5H3/t28-,29+,30+. The van der Waals surface area contributed by atoms with E-state index in [1.54, 1.807) is 0 Å². The summed E-state index contributed by atoms with van der Waals surface area (Å²) in [6.07, 6.45) is 9.47. The van der Waals surface area contributed by atoms with Gasteiger partial charge in [-0.1, -0.05) is 64.1 Å². The van der Waals surface area contributed by atoms with E-state index in [4.69, 9.17) is 4.98 Å². The van der Waals surface area contributed by atoms with Crippen LogP contribution in [0.3, 0.4) is 0 Å². The second-order valence-electron chi connectivity index (χ2n) is 13.9. The average Bonchev–Trinajstić information content (AvgIpc) is 3.41. The molecule has 0 N–H and O–H groups in total. The highest BCUT2D eigenvalue weighted by atomic mass is 16.2. The van der Waals surface area contributed by atoms with Gasteiger partial charge in [-0.2, -0.15) is 0 Å². The maximum Gasteiger partial charge on any atom is 0.227 e. The number of para-hydroxylation sites is 2. The lowest BCUT2D eigenvalue weighted by Gasteiger charge is -2.46. The molecule has 3 aromatic rings. The molecule has 3 aliphatic heterocycles. The third kappa shape index (κ3) is 5.00. The summed E-state index contributed by atoms with van der Waals surface area (Å²) in [6.45, 7) is 13.5. The van der Waals surface area contributed by atoms with Gasteiger partial charge < -0.3 is 9.47 Å². The number of carbonyl (C=O) groups is 1. The number of rotatable bonds is 6. The van der Waals surface area contributed by atoms with Crippen molar-refractivity contribution in [3.63, 3.8) is 0 Å². The summed E-state index contributed by atoms with van der Waals surface area (Å²) < 4.78 is 2.54. The number of piperidine rings is 2. The molecule has 40 heavy (non-hydrogen) atoms. The summed E-state index contributed by atoms with van der Waals surface area (Å²) in [5.74, 6) is 1.45. The highest BCUT2D eigenvalue weighted by Crippen LogP contribution is 2.45. The Bertz CT molecular complexity index is 1350. The first-order valence-electron chi connectivity index (χ1n) is 15.8. The van der Waals surface area contributed by atoms with Crippen LogP contribution in [0.4, 0.5) is 0 Å². The van der Waals surface area contributed by atoms with Gasteiger partial charge in [-0.25, -0.2) is 4.98 Å². The summed E-state index contributed by atoms with van der Waals surface area (Å²) in [5, 5.41) is 0. The van der Waals surface area contributed by atoms with Crippen LogP contribution in [0, 0.1) is 12.3 Å². The summed E-state index contributed by atoms with van der Waals surface area (Å²) >= 11 is 0. The minimum Gasteiger partial charge on any atom is -0.342 e. The van der Waals surface area contributed by atoms with Gasteiger partial charge in [0.05, 0.1) is 11.0 Å². The number of fused-ring (bicyclic) bond motifs is 3. The van der Waals surface area contributed by atoms with E-state index in [2.05, 4.69) is 97.5 Å². The minimum absolute atomic E-state index is 0.146. The lowest BCUT2D eigenvalue weighted by molar-refractivity contribution is -0.141. The number of carbonyl (C=O) groups excluding carboxylic acids is 1. The Morgan fingerprint density at radius 2 is 1.68 bits per heavy atom. The van der Waals surface area contributed by atoms with E-state index in [-0.39, 0.29) is 10.8 Å². The fourth-order valence-corrected chi connectivity index (χ4v) is 8.21. The Hall–Kier alpha value is -2.66. The quantitative estimate of drug-likeness (QED) is 0.336. The predicted octanol–water partition coefficient (Wildman–Crippen LogP) is 7.07. The number of hydrogen-bond donors (Lipinski definition) is 0. The zero-order chi connectivity index (χ0) is 28.1. The normalized spacial score (nSPS) is 25.0. The zero-order valence-corrected chi connectivity index (χ0v) is 25.3. The Kier molecular flexibility index (Phi) is 7.31. The van der Waals surface area contributed by atoms with Gasteiger partial charge in [0.25, 0.3) is 0 Å². The van der Waals surface area contributed by atoms with Crippen LogP contribution in [0.25, 0.3) is 11.0 Å². The lowest BCUT2D eigenvalue weighted by Crippen LogP contribution is -2.50. The van der Waals surface area contributed by atoms with Crippen LogP contribution in [0.5, 0.6) is 0 Å². The van der Waals surface area contributed by atoms with Gasteiger partial charge in [0.1, 0.15) is 5.82 Å². The first kappa shape index (κ1) is 27.5. The highest BCUT2D eigenvalue weighted by molar-refractivity contribution is 5.81. The van der Waals surface area contributed by atoms with Crippen LogP contribution in [0.15, 0.2) is 48.5 Å². The Balaban J connectivity index is 1.20. The molecule has 6 rings (SSSR count). The Morgan fingerprint density at radius 3 is 2.35 bits per heavy atom. The van der Waals surface area contributed by atoms with E-state index < -0.39 is 0 Å². The highest BCUT2D eigenvalue weighted by Gasteiger charge is 2.44. The molecule has 2 aromatic carbocycles. The van der Waals surface area contributed by atoms with Gasteiger partial charge in [0.15, 0.2) is 0 Å². The smallest absolute Gasteiger partial charge is 0.227 e. The molecular formula is C35H48N4O. The fourth-order valence-electron chi connectivity index (χ4n) is 8.21. The first-order valence-corrected chi connectivity index (χ1v) is 15.8. The molecule has 3 fully saturated rings. The summed E-state index contributed by atoms with van der Waals surface area (Å²) in [5.41, 5.74) is 5.18. The van der Waals surface area contributed by atoms with E-state index >= 15 is 0 Å². The molecule has 2 bridgehead atoms. The summed E-state index contributed by atoms with van der Waals surface area (Å²) in [7, 11) is 0. The van der Waals surface area contributed by atoms with Crippen LogP contribution in [-0.4, -0.2) is 57.0 Å². The van der Waals surface area contributed by atoms with Crippen LogP contribution >= 0.6 is 0 Å². The van der Waals surface area contributed by atoms with Crippen molar-refractivity contribution in [3.8, 4) is 0 Å². The van der Waals surface area contributed by atoms with Gasteiger partial charge in [-0.15, -0.1) is 0 Å². The fraction of sp³-hybridized carbons (Fsp3) is 0.600. The van der Waals surface area contributed by atoms with Crippen molar-refractivity contribution < 1.29 is 4.79 Å². The van der Waals surface area contributed by atoms with Gasteiger partial charge >= 0.3 is 0 Å². The number of aryl methyl sites for hydroxylation is 2. The van der Waals surface area contributed by atoms with Crippen LogP contribution in [0.2, 0.25) is 0 Å². The second-order valence-corrected chi connectivity index (χ2v) is 13.9. The molecule has 0 aliphatic carbocycles. The topological polar surface area (TPSA) is 41.4 Å². The molecule has 0 spiro atoms. The predicted molar refractivity (Wildman–Crippen MR) is 164 cm³/mol. The van der Waals surface area contributed by atoms with Gasteiger partial charge in [0, 0.05) is 36.6 Å². The minimum atomic E-state index is -0.315. The average molecular weight is 541 g/mol. The second kappa shape index (κ2) is 10.6. The van der Waals surface area contributed by atoms with Crippen molar-refractivity contribution >= 4 is 16.9 Å². The van der Waals surface area contributed by atoms with Crippen molar-refractivity contribution in [1.82, 2.24) is 19.4 Å². The third-order valence-electron chi connectivity index (χ3n) is 10.4. The van der Waals surface area contributed by atoms with Gasteiger partial charge in [-0.05, 0) is 93.5 Å². The van der Waals surface area contributed by atoms with Crippen LogP contribution < -0.4 is 0 Å². The number of hydrogen-bond acceptors (Lipinski definition) is 3. The molecule has 214 valence electrons. The number of imidazole rings is 1. The molecule has 3 saturated heterocycles.